The lowest BCUT2D eigenvalue weighted by Crippen LogP contribution is -2.44. The van der Waals surface area contributed by atoms with Crippen LogP contribution in [0.15, 0.2) is 58.9 Å². The first-order chi connectivity index (χ1) is 15.8. The number of rotatable bonds is 9. The summed E-state index contributed by atoms with van der Waals surface area (Å²) < 4.78 is -0.386. The summed E-state index contributed by atoms with van der Waals surface area (Å²) in [6, 6.07) is 0. The largest absolute Gasteiger partial charge is 0.506 e. The van der Waals surface area contributed by atoms with E-state index in [0.29, 0.717) is 5.70 Å². The Hall–Kier alpha value is -1.84. The normalized spacial score (nSPS) is 17.4. The number of allylic oxidation sites excluding steroid dienone is 3. The fourth-order valence-corrected chi connectivity index (χ4v) is 6.11. The van der Waals surface area contributed by atoms with E-state index in [0.717, 1.165) is 16.0 Å². The van der Waals surface area contributed by atoms with Gasteiger partial charge in [-0.05, 0) is 54.4 Å². The highest BCUT2D eigenvalue weighted by Crippen LogP contribution is 2.47. The summed E-state index contributed by atoms with van der Waals surface area (Å²) >= 11 is 4.94. The van der Waals surface area contributed by atoms with Crippen LogP contribution in [0.4, 0.5) is 0 Å². The minimum absolute atomic E-state index is 0.0875. The molecule has 2 rings (SSSR count). The van der Waals surface area contributed by atoms with Crippen LogP contribution >= 0.6 is 35.3 Å². The number of imide groups is 1. The minimum Gasteiger partial charge on any atom is -0.506 e. The second-order valence-corrected chi connectivity index (χ2v) is 9.98. The number of thioether (sulfide) groups is 3. The quantitative estimate of drug-likeness (QED) is 0.199. The number of carbonyl (C=O) groups excluding carboxylic acids is 3. The topological polar surface area (TPSA) is 77.9 Å². The first-order valence-electron chi connectivity index (χ1n) is 10.6. The number of likely N-dealkylation sites (tertiary alicyclic amines) is 1. The van der Waals surface area contributed by atoms with Crippen molar-refractivity contribution in [1.82, 2.24) is 9.80 Å². The smallest absolute Gasteiger partial charge is 0.247 e. The zero-order valence-corrected chi connectivity index (χ0v) is 22.7. The van der Waals surface area contributed by atoms with Crippen molar-refractivity contribution in [2.24, 2.45) is 0 Å². The van der Waals surface area contributed by atoms with Crippen molar-refractivity contribution in [3.05, 3.63) is 58.9 Å². The first kappa shape index (κ1) is 29.2. The van der Waals surface area contributed by atoms with Gasteiger partial charge < -0.3 is 10.0 Å². The molecule has 33 heavy (non-hydrogen) atoms. The molecule has 0 aliphatic carbocycles. The fraction of sp³-hybridized carbons (Fsp3) is 0.458. The van der Waals surface area contributed by atoms with Gasteiger partial charge in [0, 0.05) is 19.4 Å². The molecule has 6 nitrogen and oxygen atoms in total. The molecule has 2 aliphatic heterocycles. The molecule has 0 spiro atoms. The number of aliphatic hydroxyl groups is 1. The van der Waals surface area contributed by atoms with Crippen LogP contribution in [0.25, 0.3) is 0 Å². The molecule has 0 aromatic rings. The highest BCUT2D eigenvalue weighted by molar-refractivity contribution is 8.18. The van der Waals surface area contributed by atoms with Crippen molar-refractivity contribution in [3.8, 4) is 0 Å². The van der Waals surface area contributed by atoms with Crippen molar-refractivity contribution in [1.29, 1.82) is 0 Å². The molecule has 2 heterocycles. The predicted molar refractivity (Wildman–Crippen MR) is 143 cm³/mol. The number of amides is 3. The molecule has 3 amide bonds. The molecule has 0 unspecified atom stereocenters. The van der Waals surface area contributed by atoms with Gasteiger partial charge in [0.2, 0.25) is 17.7 Å². The van der Waals surface area contributed by atoms with E-state index in [2.05, 4.69) is 12.7 Å². The summed E-state index contributed by atoms with van der Waals surface area (Å²) in [5.74, 6) is -1.19. The average molecular weight is 511 g/mol. The molecule has 0 atom stereocenters. The Bertz CT molecular complexity index is 870. The standard InChI is InChI=1S/C22H28N2O4S3.C2H6/c1-6-7-17(25)21-15(2)16(22(30-4,31-5)11-13-29-3)10-12-23(21)20(28)14-24-18(26)8-9-19(24)27;1-2/h6-7,10-11,13,25H,1,8-9,12,14H2,2-5H3;1-2H3/b13-11-,17-7+;. The molecule has 1 fully saturated rings. The van der Waals surface area contributed by atoms with Gasteiger partial charge in [0.1, 0.15) is 16.4 Å². The zero-order valence-electron chi connectivity index (χ0n) is 20.2. The zero-order chi connectivity index (χ0) is 25.2. The molecule has 1 saturated heterocycles. The third kappa shape index (κ3) is 6.61. The van der Waals surface area contributed by atoms with Crippen LogP contribution in [0.1, 0.15) is 33.6 Å². The molecular weight excluding hydrogens is 476 g/mol. The number of carbonyl (C=O) groups is 3. The van der Waals surface area contributed by atoms with Crippen LogP contribution in [-0.4, -0.2) is 68.6 Å². The molecule has 0 bridgehead atoms. The highest BCUT2D eigenvalue weighted by atomic mass is 32.2. The van der Waals surface area contributed by atoms with Gasteiger partial charge in [0.25, 0.3) is 0 Å². The van der Waals surface area contributed by atoms with Gasteiger partial charge in [0.15, 0.2) is 0 Å². The Labute approximate surface area is 210 Å². The molecule has 182 valence electrons. The summed E-state index contributed by atoms with van der Waals surface area (Å²) in [7, 11) is 0. The van der Waals surface area contributed by atoms with E-state index in [9.17, 15) is 19.5 Å². The monoisotopic (exact) mass is 510 g/mol. The van der Waals surface area contributed by atoms with Crippen LogP contribution in [0.2, 0.25) is 0 Å². The number of aliphatic hydroxyl groups excluding tert-OH is 1. The number of hydrogen-bond acceptors (Lipinski definition) is 7. The van der Waals surface area contributed by atoms with Crippen molar-refractivity contribution < 1.29 is 19.5 Å². The van der Waals surface area contributed by atoms with E-state index in [4.69, 9.17) is 0 Å². The van der Waals surface area contributed by atoms with Crippen molar-refractivity contribution in [2.45, 2.75) is 37.7 Å². The Kier molecular flexibility index (Phi) is 12.2. The molecule has 0 aromatic carbocycles. The SMILES string of the molecule is C=C/C=C(/O)C1=C(C)C(C(/C=C\SC)(SC)SC)=CCN1C(=O)CN1C(=O)CCC1=O.CC. The molecule has 0 aromatic heterocycles. The van der Waals surface area contributed by atoms with Gasteiger partial charge in [-0.1, -0.05) is 32.6 Å². The van der Waals surface area contributed by atoms with Crippen LogP contribution < -0.4 is 0 Å². The third-order valence-electron chi connectivity index (χ3n) is 5.18. The van der Waals surface area contributed by atoms with E-state index < -0.39 is 5.91 Å². The lowest BCUT2D eigenvalue weighted by Gasteiger charge is -2.37. The molecule has 9 heteroatoms. The number of nitrogens with zero attached hydrogens (tertiary/aromatic N) is 2. The van der Waals surface area contributed by atoms with Gasteiger partial charge in [-0.2, -0.15) is 0 Å². The summed E-state index contributed by atoms with van der Waals surface area (Å²) in [5, 5.41) is 12.8. The lowest BCUT2D eigenvalue weighted by molar-refractivity contribution is -0.144. The van der Waals surface area contributed by atoms with Crippen LogP contribution in [0.3, 0.4) is 0 Å². The molecule has 2 aliphatic rings. The van der Waals surface area contributed by atoms with Gasteiger partial charge in [-0.3, -0.25) is 19.3 Å². The van der Waals surface area contributed by atoms with Crippen LogP contribution in [0.5, 0.6) is 0 Å². The van der Waals surface area contributed by atoms with Gasteiger partial charge in [-0.25, -0.2) is 0 Å². The summed E-state index contributed by atoms with van der Waals surface area (Å²) in [6.45, 7) is 9.40. The fourth-order valence-electron chi connectivity index (χ4n) is 3.61. The van der Waals surface area contributed by atoms with Gasteiger partial charge in [-0.15, -0.1) is 35.3 Å². The molecular formula is C24H34N2O4S3. The van der Waals surface area contributed by atoms with E-state index in [-0.39, 0.29) is 47.6 Å². The second-order valence-electron chi connectivity index (χ2n) is 6.87. The number of hydrogen-bond donors (Lipinski definition) is 1. The second kappa shape index (κ2) is 13.8. The van der Waals surface area contributed by atoms with Crippen molar-refractivity contribution in [3.63, 3.8) is 0 Å². The average Bonchev–Trinajstić information content (AvgIpc) is 3.13. The lowest BCUT2D eigenvalue weighted by atomic mass is 9.95. The maximum absolute atomic E-state index is 13.1. The molecule has 0 saturated carbocycles. The Morgan fingerprint density at radius 2 is 1.76 bits per heavy atom. The summed E-state index contributed by atoms with van der Waals surface area (Å²) in [6.07, 6.45) is 13.3. The Morgan fingerprint density at radius 3 is 2.24 bits per heavy atom. The summed E-state index contributed by atoms with van der Waals surface area (Å²) in [4.78, 5) is 39.5. The van der Waals surface area contributed by atoms with E-state index in [1.54, 1.807) is 35.3 Å². The first-order valence-corrected chi connectivity index (χ1v) is 14.4. The van der Waals surface area contributed by atoms with Crippen LogP contribution in [0, 0.1) is 0 Å². The van der Waals surface area contributed by atoms with Gasteiger partial charge >= 0.3 is 0 Å². The highest BCUT2D eigenvalue weighted by Gasteiger charge is 2.38. The molecule has 1 N–H and O–H groups in total. The molecule has 0 radical (unpaired) electrons. The minimum atomic E-state index is -0.421. The third-order valence-corrected chi connectivity index (χ3v) is 8.51. The van der Waals surface area contributed by atoms with Gasteiger partial charge in [0.05, 0.1) is 5.70 Å². The van der Waals surface area contributed by atoms with E-state index in [1.807, 2.05) is 51.0 Å². The summed E-state index contributed by atoms with van der Waals surface area (Å²) in [5.41, 5.74) is 2.12. The van der Waals surface area contributed by atoms with Crippen molar-refractivity contribution in [2.75, 3.05) is 31.9 Å². The van der Waals surface area contributed by atoms with E-state index in [1.165, 1.54) is 17.1 Å². The van der Waals surface area contributed by atoms with Crippen LogP contribution in [-0.2, 0) is 14.4 Å². The predicted octanol–water partition coefficient (Wildman–Crippen LogP) is 5.13. The Morgan fingerprint density at radius 1 is 1.18 bits per heavy atom. The maximum atomic E-state index is 13.1. The Balaban J connectivity index is 0.00000265. The van der Waals surface area contributed by atoms with E-state index >= 15 is 0 Å². The van der Waals surface area contributed by atoms with Crippen molar-refractivity contribution >= 4 is 53.0 Å². The maximum Gasteiger partial charge on any atom is 0.247 e.